The third-order valence-corrected chi connectivity index (χ3v) is 10.6. The first-order valence-electron chi connectivity index (χ1n) is 17.7. The summed E-state index contributed by atoms with van der Waals surface area (Å²) in [6, 6.07) is 19.5. The van der Waals surface area contributed by atoms with Crippen LogP contribution in [-0.4, -0.2) is 60.8 Å². The molecule has 0 spiro atoms. The van der Waals surface area contributed by atoms with Crippen LogP contribution in [0.5, 0.6) is 11.5 Å². The van der Waals surface area contributed by atoms with Crippen LogP contribution >= 0.6 is 23.2 Å². The van der Waals surface area contributed by atoms with Crippen molar-refractivity contribution in [3.63, 3.8) is 0 Å². The van der Waals surface area contributed by atoms with E-state index < -0.39 is 30.7 Å². The van der Waals surface area contributed by atoms with Crippen molar-refractivity contribution in [1.82, 2.24) is 9.88 Å². The highest BCUT2D eigenvalue weighted by atomic mass is 35.5. The van der Waals surface area contributed by atoms with Crippen LogP contribution in [0, 0.1) is 11.8 Å². The smallest absolute Gasteiger partial charge is 0.387 e. The number of piperidine rings is 3. The van der Waals surface area contributed by atoms with Crippen molar-refractivity contribution in [2.75, 3.05) is 31.6 Å². The van der Waals surface area contributed by atoms with E-state index in [2.05, 4.69) is 15.2 Å². The highest BCUT2D eigenvalue weighted by Gasteiger charge is 2.38. The monoisotopic (exact) mass is 765 g/mol. The molecule has 53 heavy (non-hydrogen) atoms. The zero-order valence-electron chi connectivity index (χ0n) is 28.8. The van der Waals surface area contributed by atoms with Gasteiger partial charge in [0, 0.05) is 31.0 Å². The van der Waals surface area contributed by atoms with Gasteiger partial charge >= 0.3 is 18.6 Å². The van der Waals surface area contributed by atoms with Crippen molar-refractivity contribution in [1.29, 1.82) is 0 Å². The fraction of sp³-hybridized carbons (Fsp3) is 0.375. The van der Waals surface area contributed by atoms with E-state index in [4.69, 9.17) is 42.1 Å². The molecule has 1 saturated carbocycles. The average molecular weight is 767 g/mol. The number of halogens is 4. The average Bonchev–Trinajstić information content (AvgIpc) is 4.00. The van der Waals surface area contributed by atoms with E-state index in [-0.39, 0.29) is 39.6 Å². The first-order chi connectivity index (χ1) is 25.7. The van der Waals surface area contributed by atoms with Gasteiger partial charge in [0.05, 0.1) is 22.2 Å². The largest absolute Gasteiger partial charge is 0.489 e. The number of nitrogens with one attached hydrogen (secondary N) is 1. The summed E-state index contributed by atoms with van der Waals surface area (Å²) < 4.78 is 49.4. The van der Waals surface area contributed by atoms with E-state index in [0.717, 1.165) is 50.9 Å². The maximum atomic E-state index is 13.9. The summed E-state index contributed by atoms with van der Waals surface area (Å²) in [6.45, 7) is 0.0639. The quantitative estimate of drug-likeness (QED) is 0.119. The molecule has 8 rings (SSSR count). The molecular weight excluding hydrogens is 727 g/mol. The second-order valence-electron chi connectivity index (χ2n) is 13.7. The van der Waals surface area contributed by atoms with Crippen molar-refractivity contribution < 1.29 is 37.3 Å². The van der Waals surface area contributed by atoms with Crippen molar-refractivity contribution in [3.05, 3.63) is 117 Å². The van der Waals surface area contributed by atoms with Gasteiger partial charge in [-0.15, -0.1) is 0 Å². The summed E-state index contributed by atoms with van der Waals surface area (Å²) in [7, 11) is 0. The molecule has 1 N–H and O–H groups in total. The van der Waals surface area contributed by atoms with Crippen LogP contribution in [0.4, 0.5) is 14.5 Å². The number of anilines is 1. The molecule has 3 saturated heterocycles. The molecule has 13 heteroatoms. The van der Waals surface area contributed by atoms with E-state index in [1.54, 1.807) is 24.3 Å². The fourth-order valence-electron chi connectivity index (χ4n) is 6.85. The van der Waals surface area contributed by atoms with E-state index in [1.165, 1.54) is 30.6 Å². The summed E-state index contributed by atoms with van der Waals surface area (Å²) in [5.74, 6) is -0.422. The Morgan fingerprint density at radius 2 is 1.64 bits per heavy atom. The Morgan fingerprint density at radius 1 is 0.887 bits per heavy atom. The van der Waals surface area contributed by atoms with E-state index in [9.17, 15) is 18.4 Å². The van der Waals surface area contributed by atoms with Gasteiger partial charge in [-0.2, -0.15) is 8.78 Å². The van der Waals surface area contributed by atoms with Crippen LogP contribution in [0.3, 0.4) is 0 Å². The number of alkyl halides is 2. The van der Waals surface area contributed by atoms with Gasteiger partial charge in [0.15, 0.2) is 17.5 Å². The summed E-state index contributed by atoms with van der Waals surface area (Å²) in [5.41, 5.74) is 2.35. The zero-order valence-corrected chi connectivity index (χ0v) is 30.3. The minimum atomic E-state index is -3.06. The molecule has 9 nitrogen and oxygen atoms in total. The Labute approximate surface area is 316 Å². The zero-order chi connectivity index (χ0) is 36.9. The molecule has 1 unspecified atom stereocenters. The van der Waals surface area contributed by atoms with Crippen LogP contribution in [-0.2, 0) is 20.7 Å². The Balaban J connectivity index is 1.13. The molecule has 0 radical (unpaired) electrons. The number of fused-ring (bicyclic) bond motifs is 3. The van der Waals surface area contributed by atoms with Gasteiger partial charge in [0.25, 0.3) is 0 Å². The van der Waals surface area contributed by atoms with Gasteiger partial charge in [-0.25, -0.2) is 9.59 Å². The first kappa shape index (κ1) is 36.9. The lowest BCUT2D eigenvalue weighted by atomic mass is 9.86. The molecule has 3 aromatic carbocycles. The molecule has 0 amide bonds. The lowest BCUT2D eigenvalue weighted by molar-refractivity contribution is -0.159. The van der Waals surface area contributed by atoms with Crippen molar-refractivity contribution in [2.24, 2.45) is 11.8 Å². The number of hydrogen-bond donors (Lipinski definition) is 1. The standard InChI is InChI=1S/C40H39Cl2F2N3O6/c41-31-20-45-21-32(42)30(31)19-34(27-11-12-33(53-40(43)44)35(18-27)50-23-24-9-10-24)51-38(48)28-7-4-8-29(17-28)46-37(26-5-2-1-3-6-26)39(49)52-36-22-47-15-13-25(36)14-16-47/h1-8,11-12,17-18,20-21,24-25,34,36-37,40,46H,9-10,13-16,19,22-23H2/t34-,36-,37?/m0/s1. The summed E-state index contributed by atoms with van der Waals surface area (Å²) in [5, 5.41) is 3.83. The predicted octanol–water partition coefficient (Wildman–Crippen LogP) is 8.71. The third-order valence-electron chi connectivity index (χ3n) is 9.96. The maximum Gasteiger partial charge on any atom is 0.387 e. The van der Waals surface area contributed by atoms with Crippen molar-refractivity contribution >= 4 is 40.8 Å². The number of esters is 2. The van der Waals surface area contributed by atoms with Crippen LogP contribution < -0.4 is 14.8 Å². The van der Waals surface area contributed by atoms with Gasteiger partial charge in [0.2, 0.25) is 0 Å². The second-order valence-corrected chi connectivity index (χ2v) is 14.5. The minimum Gasteiger partial charge on any atom is -0.489 e. The lowest BCUT2D eigenvalue weighted by Crippen LogP contribution is -2.52. The Bertz CT molecular complexity index is 1890. The summed E-state index contributed by atoms with van der Waals surface area (Å²) in [6.07, 6.45) is 5.76. The third kappa shape index (κ3) is 9.38. The number of benzene rings is 3. The number of nitrogens with zero attached hydrogens (tertiary/aromatic N) is 2. The minimum absolute atomic E-state index is 0.0441. The number of ether oxygens (including phenoxy) is 4. The van der Waals surface area contributed by atoms with Crippen molar-refractivity contribution in [3.8, 4) is 11.5 Å². The van der Waals surface area contributed by atoms with Crippen molar-refractivity contribution in [2.45, 2.75) is 57.0 Å². The van der Waals surface area contributed by atoms with E-state index >= 15 is 0 Å². The number of aromatic nitrogens is 1. The molecule has 4 heterocycles. The predicted molar refractivity (Wildman–Crippen MR) is 196 cm³/mol. The van der Waals surface area contributed by atoms with E-state index in [1.807, 2.05) is 30.3 Å². The van der Waals surface area contributed by atoms with Crippen LogP contribution in [0.15, 0.2) is 85.2 Å². The molecule has 1 aliphatic carbocycles. The molecule has 3 aliphatic heterocycles. The molecule has 278 valence electrons. The van der Waals surface area contributed by atoms with Gasteiger partial charge in [-0.3, -0.25) is 9.88 Å². The molecule has 4 aliphatic rings. The summed E-state index contributed by atoms with van der Waals surface area (Å²) >= 11 is 13.0. The highest BCUT2D eigenvalue weighted by molar-refractivity contribution is 6.35. The lowest BCUT2D eigenvalue weighted by Gasteiger charge is -2.44. The normalized spacial score (nSPS) is 20.4. The SMILES string of the molecule is O=C(O[C@@H](Cc1c(Cl)cncc1Cl)c1ccc(OC(F)F)c(OCC2CC2)c1)c1cccc(NC(C(=O)O[C@H]2CN3CCC2CC3)c2ccccc2)c1. The molecule has 1 aromatic heterocycles. The number of hydrogen-bond acceptors (Lipinski definition) is 9. The molecule has 4 fully saturated rings. The van der Waals surface area contributed by atoms with Gasteiger partial charge < -0.3 is 24.3 Å². The van der Waals surface area contributed by atoms with Gasteiger partial charge in [-0.1, -0.05) is 65.7 Å². The maximum absolute atomic E-state index is 13.9. The van der Waals surface area contributed by atoms with Crippen LogP contribution in [0.2, 0.25) is 10.0 Å². The Morgan fingerprint density at radius 3 is 2.32 bits per heavy atom. The van der Waals surface area contributed by atoms with Gasteiger partial charge in [0.1, 0.15) is 12.2 Å². The fourth-order valence-corrected chi connectivity index (χ4v) is 7.37. The Hall–Kier alpha value is -4.45. The number of pyridine rings is 1. The topological polar surface area (TPSA) is 99.2 Å². The number of rotatable bonds is 15. The van der Waals surface area contributed by atoms with Crippen LogP contribution in [0.1, 0.15) is 64.9 Å². The molecule has 4 aromatic rings. The van der Waals surface area contributed by atoms with Gasteiger partial charge in [-0.05, 0) is 97.6 Å². The number of carbonyl (C=O) groups is 2. The highest BCUT2D eigenvalue weighted by Crippen LogP contribution is 2.38. The Kier molecular flexibility index (Phi) is 11.6. The summed E-state index contributed by atoms with van der Waals surface area (Å²) in [4.78, 5) is 34.0. The molecule has 3 atom stereocenters. The second kappa shape index (κ2) is 16.7. The molecular formula is C40H39Cl2F2N3O6. The van der Waals surface area contributed by atoms with E-state index in [0.29, 0.717) is 35.3 Å². The molecule has 2 bridgehead atoms. The first-order valence-corrected chi connectivity index (χ1v) is 18.5. The number of carbonyl (C=O) groups excluding carboxylic acids is 2. The van der Waals surface area contributed by atoms with Crippen LogP contribution in [0.25, 0.3) is 0 Å².